The third-order valence-corrected chi connectivity index (χ3v) is 5.29. The second kappa shape index (κ2) is 8.31. The van der Waals surface area contributed by atoms with Gasteiger partial charge in [0.25, 0.3) is 11.8 Å². The Morgan fingerprint density at radius 3 is 2.17 bits per heavy atom. The van der Waals surface area contributed by atoms with Gasteiger partial charge in [0.05, 0.1) is 5.56 Å². The van der Waals surface area contributed by atoms with Crippen molar-refractivity contribution in [2.75, 3.05) is 13.1 Å². The number of nitrogens with zero attached hydrogens (tertiary/aromatic N) is 1. The molecule has 154 valence electrons. The number of nitrogens with one attached hydrogen (secondary N) is 1. The third-order valence-electron chi connectivity index (χ3n) is 5.29. The average Bonchev–Trinajstić information content (AvgIpc) is 2.67. The molecule has 0 unspecified atom stereocenters. The Bertz CT molecular complexity index is 896. The molecule has 1 aliphatic heterocycles. The topological polar surface area (TPSA) is 49.4 Å². The highest BCUT2D eigenvalue weighted by atomic mass is 19.1. The van der Waals surface area contributed by atoms with Crippen molar-refractivity contribution in [2.45, 2.75) is 45.1 Å². The zero-order valence-corrected chi connectivity index (χ0v) is 17.0. The normalized spacial score (nSPS) is 15.3. The lowest BCUT2D eigenvalue weighted by Gasteiger charge is -2.32. The monoisotopic (exact) mass is 400 g/mol. The lowest BCUT2D eigenvalue weighted by atomic mass is 9.86. The molecule has 1 N–H and O–H groups in total. The number of carbonyl (C=O) groups excluding carboxylic acids is 2. The van der Waals surface area contributed by atoms with Gasteiger partial charge in [-0.2, -0.15) is 0 Å². The number of carbonyl (C=O) groups is 2. The van der Waals surface area contributed by atoms with Crippen molar-refractivity contribution in [1.29, 1.82) is 0 Å². The van der Waals surface area contributed by atoms with E-state index in [4.69, 9.17) is 0 Å². The molecule has 1 fully saturated rings. The molecular weight excluding hydrogens is 374 g/mol. The Morgan fingerprint density at radius 2 is 1.62 bits per heavy atom. The number of likely N-dealkylation sites (tertiary alicyclic amines) is 1. The van der Waals surface area contributed by atoms with Gasteiger partial charge >= 0.3 is 0 Å². The van der Waals surface area contributed by atoms with Crippen LogP contribution in [0.4, 0.5) is 8.78 Å². The minimum atomic E-state index is -0.857. The molecule has 0 radical (unpaired) electrons. The molecule has 1 saturated heterocycles. The number of hydrogen-bond acceptors (Lipinski definition) is 2. The zero-order chi connectivity index (χ0) is 21.2. The molecule has 0 atom stereocenters. The molecule has 1 heterocycles. The molecule has 0 aliphatic carbocycles. The summed E-state index contributed by atoms with van der Waals surface area (Å²) >= 11 is 0. The fourth-order valence-corrected chi connectivity index (χ4v) is 3.45. The van der Waals surface area contributed by atoms with Gasteiger partial charge in [-0.25, -0.2) is 8.78 Å². The van der Waals surface area contributed by atoms with Crippen LogP contribution in [-0.2, 0) is 5.41 Å². The first kappa shape index (κ1) is 21.0. The number of piperidine rings is 1. The maximum atomic E-state index is 13.8. The summed E-state index contributed by atoms with van der Waals surface area (Å²) in [5.74, 6) is -2.16. The summed E-state index contributed by atoms with van der Waals surface area (Å²) in [5.41, 5.74) is 1.66. The van der Waals surface area contributed by atoms with Gasteiger partial charge in [0.2, 0.25) is 0 Å². The van der Waals surface area contributed by atoms with Gasteiger partial charge < -0.3 is 10.2 Å². The Kier molecular flexibility index (Phi) is 6.01. The molecule has 0 saturated carbocycles. The lowest BCUT2D eigenvalue weighted by molar-refractivity contribution is 0.0693. The molecule has 0 bridgehead atoms. The van der Waals surface area contributed by atoms with E-state index in [9.17, 15) is 18.4 Å². The van der Waals surface area contributed by atoms with E-state index in [-0.39, 0.29) is 22.9 Å². The van der Waals surface area contributed by atoms with Gasteiger partial charge in [0, 0.05) is 30.8 Å². The van der Waals surface area contributed by atoms with Crippen LogP contribution in [0.3, 0.4) is 0 Å². The Morgan fingerprint density at radius 1 is 1.00 bits per heavy atom. The number of halogens is 2. The van der Waals surface area contributed by atoms with Crippen molar-refractivity contribution in [3.8, 4) is 0 Å². The van der Waals surface area contributed by atoms with Crippen molar-refractivity contribution < 1.29 is 18.4 Å². The summed E-state index contributed by atoms with van der Waals surface area (Å²) in [7, 11) is 0. The van der Waals surface area contributed by atoms with Crippen molar-refractivity contribution in [3.05, 3.63) is 70.8 Å². The highest BCUT2D eigenvalue weighted by molar-refractivity contribution is 5.95. The van der Waals surface area contributed by atoms with E-state index >= 15 is 0 Å². The van der Waals surface area contributed by atoms with Crippen LogP contribution in [0.25, 0.3) is 0 Å². The van der Waals surface area contributed by atoms with E-state index in [0.717, 1.165) is 11.6 Å². The zero-order valence-electron chi connectivity index (χ0n) is 17.0. The first-order valence-corrected chi connectivity index (χ1v) is 9.81. The van der Waals surface area contributed by atoms with E-state index in [1.54, 1.807) is 0 Å². The maximum absolute atomic E-state index is 13.8. The minimum Gasteiger partial charge on any atom is -0.349 e. The standard InChI is InChI=1S/C23H26F2N2O2/c1-23(2,3)16-6-4-15(5-7-16)21(28)26-18-10-12-27(13-11-18)22(29)19-9-8-17(24)14-20(19)25/h4-9,14,18H,10-13H2,1-3H3,(H,26,28). The van der Waals surface area contributed by atoms with E-state index in [0.29, 0.717) is 37.6 Å². The molecule has 2 amide bonds. The maximum Gasteiger partial charge on any atom is 0.256 e. The quantitative estimate of drug-likeness (QED) is 0.835. The van der Waals surface area contributed by atoms with E-state index in [1.165, 1.54) is 11.0 Å². The molecule has 0 aromatic heterocycles. The van der Waals surface area contributed by atoms with Gasteiger partial charge in [-0.3, -0.25) is 9.59 Å². The highest BCUT2D eigenvalue weighted by Gasteiger charge is 2.26. The predicted molar refractivity (Wildman–Crippen MR) is 108 cm³/mol. The summed E-state index contributed by atoms with van der Waals surface area (Å²) < 4.78 is 26.9. The molecule has 2 aromatic rings. The van der Waals surface area contributed by atoms with E-state index < -0.39 is 17.5 Å². The van der Waals surface area contributed by atoms with Crippen LogP contribution in [0.15, 0.2) is 42.5 Å². The molecule has 0 spiro atoms. The van der Waals surface area contributed by atoms with Crippen LogP contribution in [0.5, 0.6) is 0 Å². The number of rotatable bonds is 3. The van der Waals surface area contributed by atoms with E-state index in [2.05, 4.69) is 26.1 Å². The summed E-state index contributed by atoms with van der Waals surface area (Å²) in [6, 6.07) is 10.5. The van der Waals surface area contributed by atoms with Gasteiger partial charge in [-0.15, -0.1) is 0 Å². The van der Waals surface area contributed by atoms with Gasteiger partial charge in [-0.05, 0) is 48.1 Å². The average molecular weight is 400 g/mol. The smallest absolute Gasteiger partial charge is 0.256 e. The fraction of sp³-hybridized carbons (Fsp3) is 0.391. The molecule has 1 aliphatic rings. The minimum absolute atomic E-state index is 0.0262. The second-order valence-corrected chi connectivity index (χ2v) is 8.49. The Labute approximate surface area is 169 Å². The highest BCUT2D eigenvalue weighted by Crippen LogP contribution is 2.22. The van der Waals surface area contributed by atoms with Crippen molar-refractivity contribution in [1.82, 2.24) is 10.2 Å². The van der Waals surface area contributed by atoms with Crippen molar-refractivity contribution >= 4 is 11.8 Å². The predicted octanol–water partition coefficient (Wildman–Crippen LogP) is 4.30. The van der Waals surface area contributed by atoms with E-state index in [1.807, 2.05) is 24.3 Å². The van der Waals surface area contributed by atoms with Gasteiger partial charge in [0.15, 0.2) is 0 Å². The Balaban J connectivity index is 1.55. The molecule has 3 rings (SSSR count). The van der Waals surface area contributed by atoms with Crippen LogP contribution in [-0.4, -0.2) is 35.8 Å². The van der Waals surface area contributed by atoms with Crippen LogP contribution in [0.1, 0.15) is 59.9 Å². The molecule has 2 aromatic carbocycles. The first-order valence-electron chi connectivity index (χ1n) is 9.81. The van der Waals surface area contributed by atoms with Gasteiger partial charge in [-0.1, -0.05) is 32.9 Å². The first-order chi connectivity index (χ1) is 13.6. The molecule has 4 nitrogen and oxygen atoms in total. The number of amides is 2. The summed E-state index contributed by atoms with van der Waals surface area (Å²) in [6.07, 6.45) is 1.17. The number of benzene rings is 2. The van der Waals surface area contributed by atoms with Crippen molar-refractivity contribution in [3.63, 3.8) is 0 Å². The molecule has 29 heavy (non-hydrogen) atoms. The lowest BCUT2D eigenvalue weighted by Crippen LogP contribution is -2.46. The fourth-order valence-electron chi connectivity index (χ4n) is 3.45. The largest absolute Gasteiger partial charge is 0.349 e. The summed E-state index contributed by atoms with van der Waals surface area (Å²) in [5, 5.41) is 3.01. The second-order valence-electron chi connectivity index (χ2n) is 8.49. The Hall–Kier alpha value is -2.76. The number of hydrogen-bond donors (Lipinski definition) is 1. The van der Waals surface area contributed by atoms with Crippen LogP contribution in [0, 0.1) is 11.6 Å². The molecule has 6 heteroatoms. The summed E-state index contributed by atoms with van der Waals surface area (Å²) in [4.78, 5) is 26.5. The molecular formula is C23H26F2N2O2. The third kappa shape index (κ3) is 5.00. The van der Waals surface area contributed by atoms with Crippen molar-refractivity contribution in [2.24, 2.45) is 0 Å². The summed E-state index contributed by atoms with van der Waals surface area (Å²) in [6.45, 7) is 7.17. The SMILES string of the molecule is CC(C)(C)c1ccc(C(=O)NC2CCN(C(=O)c3ccc(F)cc3F)CC2)cc1. The van der Waals surface area contributed by atoms with Gasteiger partial charge in [0.1, 0.15) is 11.6 Å². The van der Waals surface area contributed by atoms with Crippen LogP contribution in [0.2, 0.25) is 0 Å². The van der Waals surface area contributed by atoms with Crippen LogP contribution < -0.4 is 5.32 Å². The van der Waals surface area contributed by atoms with Crippen LogP contribution >= 0.6 is 0 Å².